The Kier molecular flexibility index (Phi) is 3.57. The van der Waals surface area contributed by atoms with Gasteiger partial charge in [-0.15, -0.1) is 0 Å². The van der Waals surface area contributed by atoms with Crippen LogP contribution in [0.3, 0.4) is 0 Å². The summed E-state index contributed by atoms with van der Waals surface area (Å²) in [7, 11) is 1.34. The Labute approximate surface area is 131 Å². The van der Waals surface area contributed by atoms with Gasteiger partial charge < -0.3 is 24.8 Å². The lowest BCUT2D eigenvalue weighted by molar-refractivity contribution is 0.0995. The molecule has 3 rings (SSSR count). The Bertz CT molecular complexity index is 805. The highest BCUT2D eigenvalue weighted by Gasteiger charge is 2.31. The molecule has 1 aliphatic rings. The fourth-order valence-corrected chi connectivity index (χ4v) is 2.42. The molecular weight excluding hydrogens is 300 g/mol. The van der Waals surface area contributed by atoms with Crippen molar-refractivity contribution in [1.82, 2.24) is 0 Å². The number of carbonyl (C=O) groups is 1. The quantitative estimate of drug-likeness (QED) is 0.737. The number of benzene rings is 2. The lowest BCUT2D eigenvalue weighted by atomic mass is 9.96. The van der Waals surface area contributed by atoms with Crippen LogP contribution in [0.2, 0.25) is 0 Å². The van der Waals surface area contributed by atoms with Crippen LogP contribution in [-0.2, 0) is 0 Å². The molecule has 0 spiro atoms. The summed E-state index contributed by atoms with van der Waals surface area (Å²) in [4.78, 5) is 12.6. The van der Waals surface area contributed by atoms with E-state index in [1.165, 1.54) is 19.2 Å². The number of ketones is 1. The van der Waals surface area contributed by atoms with Gasteiger partial charge in [-0.1, -0.05) is 12.1 Å². The van der Waals surface area contributed by atoms with Crippen LogP contribution in [0, 0.1) is 0 Å². The first-order valence-electron chi connectivity index (χ1n) is 6.81. The van der Waals surface area contributed by atoms with E-state index in [-0.39, 0.29) is 40.9 Å². The van der Waals surface area contributed by atoms with Crippen molar-refractivity contribution >= 4 is 11.9 Å². The van der Waals surface area contributed by atoms with E-state index in [9.17, 15) is 20.1 Å². The molecule has 0 radical (unpaired) electrons. The van der Waals surface area contributed by atoms with Gasteiger partial charge in [0.1, 0.15) is 23.7 Å². The van der Waals surface area contributed by atoms with Gasteiger partial charge in [-0.05, 0) is 23.8 Å². The summed E-state index contributed by atoms with van der Waals surface area (Å²) < 4.78 is 10.5. The molecule has 2 aromatic carbocycles. The minimum atomic E-state index is -0.407. The SMILES string of the molecule is COc1c(O)cc(O)c2c1OC/C(=C\c1ccc(O)cc1)C2=O. The number of rotatable bonds is 2. The zero-order chi connectivity index (χ0) is 16.6. The zero-order valence-corrected chi connectivity index (χ0v) is 12.2. The number of hydrogen-bond donors (Lipinski definition) is 3. The number of carbonyl (C=O) groups excluding carboxylic acids is 1. The summed E-state index contributed by atoms with van der Waals surface area (Å²) in [6, 6.07) is 7.37. The molecule has 0 saturated heterocycles. The Balaban J connectivity index is 2.06. The van der Waals surface area contributed by atoms with Gasteiger partial charge in [0.15, 0.2) is 17.3 Å². The summed E-state index contributed by atoms with van der Waals surface area (Å²) in [5.74, 6) is -0.925. The maximum absolute atomic E-state index is 12.6. The van der Waals surface area contributed by atoms with Gasteiger partial charge in [0, 0.05) is 11.6 Å². The molecule has 118 valence electrons. The standard InChI is InChI=1S/C17H14O6/c1-22-16-13(20)7-12(19)14-15(21)10(8-23-17(14)16)6-9-2-4-11(18)5-3-9/h2-7,18-20H,8H2,1H3/b10-6+. The van der Waals surface area contributed by atoms with E-state index in [0.29, 0.717) is 11.1 Å². The third-order valence-electron chi connectivity index (χ3n) is 3.52. The highest BCUT2D eigenvalue weighted by Crippen LogP contribution is 2.47. The highest BCUT2D eigenvalue weighted by atomic mass is 16.5. The molecular formula is C17H14O6. The van der Waals surface area contributed by atoms with Gasteiger partial charge in [0.2, 0.25) is 5.75 Å². The molecule has 0 aromatic heterocycles. The van der Waals surface area contributed by atoms with Crippen molar-refractivity contribution in [2.24, 2.45) is 0 Å². The van der Waals surface area contributed by atoms with Crippen LogP contribution in [0.4, 0.5) is 0 Å². The van der Waals surface area contributed by atoms with E-state index in [1.807, 2.05) is 0 Å². The van der Waals surface area contributed by atoms with Crippen molar-refractivity contribution in [2.75, 3.05) is 13.7 Å². The minimum absolute atomic E-state index is 0.00911. The smallest absolute Gasteiger partial charge is 0.204 e. The Morgan fingerprint density at radius 3 is 2.48 bits per heavy atom. The van der Waals surface area contributed by atoms with Gasteiger partial charge >= 0.3 is 0 Å². The highest BCUT2D eigenvalue weighted by molar-refractivity contribution is 6.16. The van der Waals surface area contributed by atoms with Gasteiger partial charge in [-0.25, -0.2) is 0 Å². The topological polar surface area (TPSA) is 96.2 Å². The largest absolute Gasteiger partial charge is 0.508 e. The minimum Gasteiger partial charge on any atom is -0.508 e. The molecule has 0 amide bonds. The molecule has 23 heavy (non-hydrogen) atoms. The number of phenols is 3. The van der Waals surface area contributed by atoms with E-state index < -0.39 is 5.78 Å². The fraction of sp³-hybridized carbons (Fsp3) is 0.118. The van der Waals surface area contributed by atoms with E-state index in [4.69, 9.17) is 9.47 Å². The normalized spacial score (nSPS) is 15.2. The summed E-state index contributed by atoms with van der Waals surface area (Å²) in [5.41, 5.74) is 1.01. The second kappa shape index (κ2) is 5.57. The predicted molar refractivity (Wildman–Crippen MR) is 82.2 cm³/mol. The molecule has 1 aliphatic heterocycles. The molecule has 3 N–H and O–H groups in total. The number of aromatic hydroxyl groups is 3. The first-order chi connectivity index (χ1) is 11.0. The van der Waals surface area contributed by atoms with E-state index in [2.05, 4.69) is 0 Å². The van der Waals surface area contributed by atoms with Crippen molar-refractivity contribution in [3.63, 3.8) is 0 Å². The number of Topliss-reactive ketones (excluding diaryl/α,β-unsaturated/α-hetero) is 1. The van der Waals surface area contributed by atoms with Crippen molar-refractivity contribution in [3.05, 3.63) is 47.0 Å². The van der Waals surface area contributed by atoms with E-state index in [1.54, 1.807) is 18.2 Å². The zero-order valence-electron chi connectivity index (χ0n) is 12.2. The molecule has 6 nitrogen and oxygen atoms in total. The van der Waals surface area contributed by atoms with Crippen LogP contribution in [0.15, 0.2) is 35.9 Å². The van der Waals surface area contributed by atoms with E-state index in [0.717, 1.165) is 6.07 Å². The monoisotopic (exact) mass is 314 g/mol. The maximum atomic E-state index is 12.6. The second-order valence-electron chi connectivity index (χ2n) is 5.03. The maximum Gasteiger partial charge on any atom is 0.204 e. The Morgan fingerprint density at radius 1 is 1.13 bits per heavy atom. The summed E-state index contributed by atoms with van der Waals surface area (Å²) in [6.07, 6.45) is 1.61. The van der Waals surface area contributed by atoms with Crippen molar-refractivity contribution in [1.29, 1.82) is 0 Å². The van der Waals surface area contributed by atoms with Crippen molar-refractivity contribution < 1.29 is 29.6 Å². The third kappa shape index (κ3) is 2.55. The molecule has 0 unspecified atom stereocenters. The lowest BCUT2D eigenvalue weighted by Gasteiger charge is -2.22. The van der Waals surface area contributed by atoms with Crippen molar-refractivity contribution in [3.8, 4) is 28.7 Å². The van der Waals surface area contributed by atoms with Crippen LogP contribution in [-0.4, -0.2) is 34.8 Å². The molecule has 0 aliphatic carbocycles. The first-order valence-corrected chi connectivity index (χ1v) is 6.81. The third-order valence-corrected chi connectivity index (χ3v) is 3.52. The number of hydrogen-bond acceptors (Lipinski definition) is 6. The van der Waals surface area contributed by atoms with Gasteiger partial charge in [-0.3, -0.25) is 4.79 Å². The van der Waals surface area contributed by atoms with Crippen LogP contribution >= 0.6 is 0 Å². The molecule has 6 heteroatoms. The Hall–Kier alpha value is -3.15. The summed E-state index contributed by atoms with van der Waals surface area (Å²) >= 11 is 0. The number of methoxy groups -OCH3 is 1. The van der Waals surface area contributed by atoms with Crippen LogP contribution in [0.1, 0.15) is 15.9 Å². The second-order valence-corrected chi connectivity index (χ2v) is 5.03. The molecule has 0 atom stereocenters. The fourth-order valence-electron chi connectivity index (χ4n) is 2.42. The average molecular weight is 314 g/mol. The number of ether oxygens (including phenoxy) is 2. The average Bonchev–Trinajstić information content (AvgIpc) is 2.52. The predicted octanol–water partition coefficient (Wildman–Crippen LogP) is 2.47. The van der Waals surface area contributed by atoms with Gasteiger partial charge in [0.25, 0.3) is 0 Å². The van der Waals surface area contributed by atoms with Crippen molar-refractivity contribution in [2.45, 2.75) is 0 Å². The molecule has 0 bridgehead atoms. The number of fused-ring (bicyclic) bond motifs is 1. The number of phenolic OH excluding ortho intramolecular Hbond substituents is 3. The lowest BCUT2D eigenvalue weighted by Crippen LogP contribution is -2.19. The van der Waals surface area contributed by atoms with Crippen LogP contribution < -0.4 is 9.47 Å². The van der Waals surface area contributed by atoms with E-state index >= 15 is 0 Å². The Morgan fingerprint density at radius 2 is 1.83 bits per heavy atom. The van der Waals surface area contributed by atoms with Crippen LogP contribution in [0.25, 0.3) is 6.08 Å². The summed E-state index contributed by atoms with van der Waals surface area (Å²) in [6.45, 7) is -0.0219. The van der Waals surface area contributed by atoms with Crippen LogP contribution in [0.5, 0.6) is 28.7 Å². The molecule has 1 heterocycles. The summed E-state index contributed by atoms with van der Waals surface area (Å²) in [5, 5.41) is 29.0. The molecule has 2 aromatic rings. The molecule has 0 saturated carbocycles. The first kappa shape index (κ1) is 14.8. The van der Waals surface area contributed by atoms with Gasteiger partial charge in [0.05, 0.1) is 7.11 Å². The molecule has 0 fully saturated rings. The van der Waals surface area contributed by atoms with Gasteiger partial charge in [-0.2, -0.15) is 0 Å².